The third-order valence-electron chi connectivity index (χ3n) is 6.47. The van der Waals surface area contributed by atoms with Crippen LogP contribution in [0, 0.1) is 0 Å². The largest absolute Gasteiger partial charge is 0.484 e. The van der Waals surface area contributed by atoms with Crippen molar-refractivity contribution in [2.75, 3.05) is 18.8 Å². The molecule has 0 radical (unpaired) electrons. The second kappa shape index (κ2) is 10.6. The van der Waals surface area contributed by atoms with E-state index in [4.69, 9.17) is 22.1 Å². The van der Waals surface area contributed by atoms with Gasteiger partial charge in [0.2, 0.25) is 5.91 Å². The fraction of sp³-hybridized carbons (Fsp3) is 0.250. The molecule has 1 fully saturated rings. The Bertz CT molecular complexity index is 1340. The number of nitrogen functional groups attached to an aromatic ring is 1. The van der Waals surface area contributed by atoms with Crippen molar-refractivity contribution in [3.05, 3.63) is 88.6 Å². The lowest BCUT2D eigenvalue weighted by atomic mass is 9.99. The second-order valence-corrected chi connectivity index (χ2v) is 9.60. The van der Waals surface area contributed by atoms with Gasteiger partial charge in [0, 0.05) is 42.9 Å². The van der Waals surface area contributed by atoms with Gasteiger partial charge in [-0.2, -0.15) is 0 Å². The molecule has 0 aliphatic carbocycles. The molecule has 2 aliphatic heterocycles. The number of hydrogen-bond acceptors (Lipinski definition) is 5. The van der Waals surface area contributed by atoms with Crippen molar-refractivity contribution in [1.29, 1.82) is 0 Å². The third kappa shape index (κ3) is 5.75. The number of halogens is 2. The number of amides is 2. The van der Waals surface area contributed by atoms with Crippen LogP contribution in [0.15, 0.2) is 66.9 Å². The SMILES string of the molecule is Nc1ccc(CNC(=O)/C=C/C2Cc3cc(-c4ccc(C(=O)N5CC[C@@H](F)C5)cc4)cc(Cl)c3O2)cn1. The van der Waals surface area contributed by atoms with Crippen molar-refractivity contribution in [1.82, 2.24) is 15.2 Å². The van der Waals surface area contributed by atoms with Crippen LogP contribution in [0.25, 0.3) is 11.1 Å². The van der Waals surface area contributed by atoms with Crippen LogP contribution in [0.2, 0.25) is 5.02 Å². The average Bonchev–Trinajstić information content (AvgIpc) is 3.53. The first-order valence-corrected chi connectivity index (χ1v) is 12.4. The predicted molar refractivity (Wildman–Crippen MR) is 140 cm³/mol. The highest BCUT2D eigenvalue weighted by Crippen LogP contribution is 2.40. The van der Waals surface area contributed by atoms with E-state index in [0.29, 0.717) is 48.1 Å². The smallest absolute Gasteiger partial charge is 0.253 e. The maximum atomic E-state index is 13.5. The summed E-state index contributed by atoms with van der Waals surface area (Å²) in [7, 11) is 0. The van der Waals surface area contributed by atoms with E-state index in [2.05, 4.69) is 10.3 Å². The number of benzene rings is 2. The monoisotopic (exact) mass is 520 g/mol. The highest BCUT2D eigenvalue weighted by atomic mass is 35.5. The Morgan fingerprint density at radius 3 is 2.70 bits per heavy atom. The number of rotatable bonds is 6. The maximum Gasteiger partial charge on any atom is 0.253 e. The van der Waals surface area contributed by atoms with Gasteiger partial charge in [-0.25, -0.2) is 9.37 Å². The topological polar surface area (TPSA) is 97.5 Å². The first kappa shape index (κ1) is 24.8. The van der Waals surface area contributed by atoms with E-state index in [-0.39, 0.29) is 24.5 Å². The van der Waals surface area contributed by atoms with Gasteiger partial charge in [0.1, 0.15) is 23.8 Å². The molecule has 3 aromatic rings. The summed E-state index contributed by atoms with van der Waals surface area (Å²) in [6.45, 7) is 0.939. The molecule has 0 bridgehead atoms. The van der Waals surface area contributed by atoms with Gasteiger partial charge >= 0.3 is 0 Å². The van der Waals surface area contributed by atoms with Gasteiger partial charge in [-0.15, -0.1) is 0 Å². The van der Waals surface area contributed by atoms with Crippen LogP contribution < -0.4 is 15.8 Å². The molecule has 9 heteroatoms. The van der Waals surface area contributed by atoms with E-state index in [1.165, 1.54) is 6.08 Å². The Balaban J connectivity index is 1.21. The van der Waals surface area contributed by atoms with Gasteiger partial charge in [-0.3, -0.25) is 9.59 Å². The van der Waals surface area contributed by atoms with Crippen LogP contribution in [0.4, 0.5) is 10.2 Å². The Morgan fingerprint density at radius 2 is 2.00 bits per heavy atom. The summed E-state index contributed by atoms with van der Waals surface area (Å²) >= 11 is 6.52. The molecule has 1 aromatic heterocycles. The summed E-state index contributed by atoms with van der Waals surface area (Å²) in [6, 6.07) is 14.6. The molecule has 2 aliphatic rings. The van der Waals surface area contributed by atoms with Crippen LogP contribution in [0.5, 0.6) is 5.75 Å². The molecule has 3 heterocycles. The first-order chi connectivity index (χ1) is 17.9. The van der Waals surface area contributed by atoms with Gasteiger partial charge in [-0.05, 0) is 59.5 Å². The zero-order valence-corrected chi connectivity index (χ0v) is 20.7. The van der Waals surface area contributed by atoms with Gasteiger partial charge in [0.05, 0.1) is 11.6 Å². The van der Waals surface area contributed by atoms with Gasteiger partial charge in [0.25, 0.3) is 5.91 Å². The van der Waals surface area contributed by atoms with Gasteiger partial charge in [0.15, 0.2) is 0 Å². The summed E-state index contributed by atoms with van der Waals surface area (Å²) in [5.74, 6) is 0.636. The normalized spacial score (nSPS) is 18.6. The molecular formula is C28H26ClFN4O3. The fourth-order valence-corrected chi connectivity index (χ4v) is 4.77. The molecule has 2 amide bonds. The van der Waals surface area contributed by atoms with Crippen molar-refractivity contribution in [3.8, 4) is 16.9 Å². The van der Waals surface area contributed by atoms with Crippen LogP contribution in [0.3, 0.4) is 0 Å². The van der Waals surface area contributed by atoms with Crippen LogP contribution >= 0.6 is 11.6 Å². The number of pyridine rings is 1. The van der Waals surface area contributed by atoms with E-state index in [1.54, 1.807) is 35.4 Å². The third-order valence-corrected chi connectivity index (χ3v) is 6.75. The maximum absolute atomic E-state index is 13.5. The molecule has 0 saturated carbocycles. The summed E-state index contributed by atoms with van der Waals surface area (Å²) in [4.78, 5) is 30.4. The number of aromatic nitrogens is 1. The Labute approximate surface area is 219 Å². The molecule has 0 spiro atoms. The van der Waals surface area contributed by atoms with Crippen molar-refractivity contribution in [3.63, 3.8) is 0 Å². The summed E-state index contributed by atoms with van der Waals surface area (Å²) < 4.78 is 19.4. The number of nitrogens with zero attached hydrogens (tertiary/aromatic N) is 2. The summed E-state index contributed by atoms with van der Waals surface area (Å²) in [6.07, 6.45) is 4.50. The Kier molecular flexibility index (Phi) is 7.10. The predicted octanol–water partition coefficient (Wildman–Crippen LogP) is 4.34. The van der Waals surface area contributed by atoms with Crippen molar-refractivity contribution < 1.29 is 18.7 Å². The van der Waals surface area contributed by atoms with Crippen molar-refractivity contribution in [2.24, 2.45) is 0 Å². The first-order valence-electron chi connectivity index (χ1n) is 12.0. The lowest BCUT2D eigenvalue weighted by Crippen LogP contribution is -2.28. The molecule has 2 aromatic carbocycles. The number of anilines is 1. The Hall–Kier alpha value is -3.91. The van der Waals surface area contributed by atoms with Crippen LogP contribution in [0.1, 0.15) is 27.9 Å². The average molecular weight is 521 g/mol. The van der Waals surface area contributed by atoms with Crippen molar-refractivity contribution in [2.45, 2.75) is 31.7 Å². The number of fused-ring (bicyclic) bond motifs is 1. The van der Waals surface area contributed by atoms with E-state index < -0.39 is 6.17 Å². The number of hydrogen-bond donors (Lipinski definition) is 2. The van der Waals surface area contributed by atoms with E-state index in [9.17, 15) is 14.0 Å². The minimum Gasteiger partial charge on any atom is -0.484 e. The van der Waals surface area contributed by atoms with Crippen LogP contribution in [-0.4, -0.2) is 47.1 Å². The fourth-order valence-electron chi connectivity index (χ4n) is 4.49. The lowest BCUT2D eigenvalue weighted by molar-refractivity contribution is -0.116. The molecular weight excluding hydrogens is 495 g/mol. The van der Waals surface area contributed by atoms with Crippen LogP contribution in [-0.2, 0) is 17.8 Å². The molecule has 2 atom stereocenters. The number of nitrogens with one attached hydrogen (secondary N) is 1. The number of nitrogens with two attached hydrogens (primary N) is 1. The number of alkyl halides is 1. The molecule has 7 nitrogen and oxygen atoms in total. The minimum absolute atomic E-state index is 0.151. The number of carbonyl (C=O) groups is 2. The zero-order valence-electron chi connectivity index (χ0n) is 20.0. The highest BCUT2D eigenvalue weighted by Gasteiger charge is 2.27. The zero-order chi connectivity index (χ0) is 25.9. The molecule has 5 rings (SSSR count). The molecule has 1 unspecified atom stereocenters. The van der Waals surface area contributed by atoms with E-state index in [0.717, 1.165) is 22.3 Å². The molecule has 37 heavy (non-hydrogen) atoms. The molecule has 1 saturated heterocycles. The second-order valence-electron chi connectivity index (χ2n) is 9.19. The molecule has 3 N–H and O–H groups in total. The van der Waals surface area contributed by atoms with Gasteiger partial charge < -0.3 is 20.7 Å². The standard InChI is InChI=1S/C28H26ClFN4O3/c29-24-13-20(18-2-4-19(5-3-18)28(36)34-10-9-22(30)16-34)11-21-12-23(37-27(21)24)6-8-26(35)33-15-17-1-7-25(31)32-14-17/h1-8,11,13-14,22-23H,9-10,12,15-16H2,(H2,31,32)(H,33,35)/b8-6+/t22-,23?/m1/s1. The molecule has 190 valence electrons. The highest BCUT2D eigenvalue weighted by molar-refractivity contribution is 6.32. The van der Waals surface area contributed by atoms with Gasteiger partial charge in [-0.1, -0.05) is 29.8 Å². The lowest BCUT2D eigenvalue weighted by Gasteiger charge is -2.15. The quantitative estimate of drug-likeness (QED) is 0.471. The van der Waals surface area contributed by atoms with E-state index >= 15 is 0 Å². The number of likely N-dealkylation sites (tertiary alicyclic amines) is 1. The summed E-state index contributed by atoms with van der Waals surface area (Å²) in [5, 5.41) is 3.29. The minimum atomic E-state index is -0.945. The van der Waals surface area contributed by atoms with E-state index in [1.807, 2.05) is 30.3 Å². The summed E-state index contributed by atoms with van der Waals surface area (Å²) in [5.41, 5.74) is 9.70. The Morgan fingerprint density at radius 1 is 1.19 bits per heavy atom. The van der Waals surface area contributed by atoms with Crippen molar-refractivity contribution >= 4 is 29.2 Å². The number of ether oxygens (including phenoxy) is 1. The number of carbonyl (C=O) groups excluding carboxylic acids is 2.